The summed E-state index contributed by atoms with van der Waals surface area (Å²) in [5, 5.41) is 3.04. The second kappa shape index (κ2) is 13.6. The fourth-order valence-corrected chi connectivity index (χ4v) is 2.43. The lowest BCUT2D eigenvalue weighted by Crippen LogP contribution is -2.25. The lowest BCUT2D eigenvalue weighted by atomic mass is 10.2. The van der Waals surface area contributed by atoms with E-state index in [9.17, 15) is 9.59 Å². The van der Waals surface area contributed by atoms with Gasteiger partial charge in [-0.3, -0.25) is 0 Å². The summed E-state index contributed by atoms with van der Waals surface area (Å²) in [5.74, 6) is 0.662. The van der Waals surface area contributed by atoms with E-state index in [0.29, 0.717) is 13.1 Å². The molecule has 0 heterocycles. The van der Waals surface area contributed by atoms with Gasteiger partial charge in [-0.25, -0.2) is 9.59 Å². The Morgan fingerprint density at radius 2 is 1.10 bits per heavy atom. The minimum atomic E-state index is -0.423. The number of nitrogens with one attached hydrogen (secondary N) is 1. The first-order chi connectivity index (χ1) is 15.1. The van der Waals surface area contributed by atoms with Crippen molar-refractivity contribution in [3.8, 4) is 11.5 Å². The van der Waals surface area contributed by atoms with E-state index < -0.39 is 11.9 Å². The molecule has 31 heavy (non-hydrogen) atoms. The molecule has 7 nitrogen and oxygen atoms in total. The Morgan fingerprint density at radius 3 is 1.45 bits per heavy atom. The van der Waals surface area contributed by atoms with E-state index in [2.05, 4.69) is 5.32 Å². The van der Waals surface area contributed by atoms with Crippen LogP contribution in [-0.4, -0.2) is 52.5 Å². The summed E-state index contributed by atoms with van der Waals surface area (Å²) in [5.41, 5.74) is 1.75. The highest BCUT2D eigenvalue weighted by molar-refractivity contribution is 5.87. The Kier molecular flexibility index (Phi) is 10.4. The van der Waals surface area contributed by atoms with Crippen LogP contribution in [0.4, 0.5) is 0 Å². The Balaban J connectivity index is 1.53. The number of benzene rings is 2. The molecule has 0 atom stereocenters. The van der Waals surface area contributed by atoms with Crippen LogP contribution in [0.15, 0.2) is 60.7 Å². The van der Waals surface area contributed by atoms with Crippen molar-refractivity contribution in [3.05, 3.63) is 71.8 Å². The third kappa shape index (κ3) is 9.64. The van der Waals surface area contributed by atoms with E-state index in [0.717, 1.165) is 22.6 Å². The fourth-order valence-electron chi connectivity index (χ4n) is 2.43. The van der Waals surface area contributed by atoms with Crippen LogP contribution in [0.1, 0.15) is 11.1 Å². The molecule has 0 spiro atoms. The van der Waals surface area contributed by atoms with Crippen LogP contribution in [0.25, 0.3) is 12.2 Å². The molecule has 2 aromatic rings. The number of hydrogen-bond donors (Lipinski definition) is 1. The zero-order valence-electron chi connectivity index (χ0n) is 17.7. The molecule has 0 bridgehead atoms. The summed E-state index contributed by atoms with van der Waals surface area (Å²) in [7, 11) is 3.20. The lowest BCUT2D eigenvalue weighted by Gasteiger charge is -2.05. The van der Waals surface area contributed by atoms with Gasteiger partial charge in [-0.05, 0) is 47.5 Å². The standard InChI is InChI=1S/C24H27NO6/c1-28-21-9-3-19(4-10-21)7-13-23(26)30-17-15-25-16-18-31-24(27)14-8-20-5-11-22(29-2)12-6-20/h3-14,25H,15-18H2,1-2H3. The number of carbonyl (C=O) groups excluding carboxylic acids is 2. The number of esters is 2. The van der Waals surface area contributed by atoms with Crippen molar-refractivity contribution < 1.29 is 28.5 Å². The van der Waals surface area contributed by atoms with Gasteiger partial charge in [-0.2, -0.15) is 0 Å². The molecule has 1 N–H and O–H groups in total. The first-order valence-corrected chi connectivity index (χ1v) is 9.79. The van der Waals surface area contributed by atoms with Crippen molar-refractivity contribution in [2.45, 2.75) is 0 Å². The maximum absolute atomic E-state index is 11.7. The molecule has 0 aromatic heterocycles. The predicted molar refractivity (Wildman–Crippen MR) is 119 cm³/mol. The van der Waals surface area contributed by atoms with E-state index in [1.165, 1.54) is 12.2 Å². The summed E-state index contributed by atoms with van der Waals surface area (Å²) in [4.78, 5) is 23.4. The lowest BCUT2D eigenvalue weighted by molar-refractivity contribution is -0.137. The maximum atomic E-state index is 11.7. The van der Waals surface area contributed by atoms with Crippen LogP contribution in [0.2, 0.25) is 0 Å². The van der Waals surface area contributed by atoms with Gasteiger partial charge in [0, 0.05) is 25.2 Å². The minimum Gasteiger partial charge on any atom is -0.497 e. The van der Waals surface area contributed by atoms with Gasteiger partial charge in [0.25, 0.3) is 0 Å². The van der Waals surface area contributed by atoms with Crippen molar-refractivity contribution in [1.29, 1.82) is 0 Å². The zero-order valence-corrected chi connectivity index (χ0v) is 17.7. The molecule has 0 saturated carbocycles. The predicted octanol–water partition coefficient (Wildman–Crippen LogP) is 3.11. The van der Waals surface area contributed by atoms with Crippen LogP contribution in [0.5, 0.6) is 11.5 Å². The first kappa shape index (κ1) is 23.7. The van der Waals surface area contributed by atoms with Crippen LogP contribution < -0.4 is 14.8 Å². The topological polar surface area (TPSA) is 83.1 Å². The second-order valence-corrected chi connectivity index (χ2v) is 6.30. The molecule has 0 amide bonds. The van der Waals surface area contributed by atoms with Gasteiger partial charge in [0.05, 0.1) is 14.2 Å². The minimum absolute atomic E-state index is 0.219. The summed E-state index contributed by atoms with van der Waals surface area (Å²) >= 11 is 0. The molecule has 0 unspecified atom stereocenters. The molecular formula is C24H27NO6. The van der Waals surface area contributed by atoms with E-state index >= 15 is 0 Å². The van der Waals surface area contributed by atoms with Crippen LogP contribution in [0, 0.1) is 0 Å². The van der Waals surface area contributed by atoms with Gasteiger partial charge in [0.15, 0.2) is 0 Å². The van der Waals surface area contributed by atoms with Crippen LogP contribution >= 0.6 is 0 Å². The number of methoxy groups -OCH3 is 2. The quantitative estimate of drug-likeness (QED) is 0.318. The SMILES string of the molecule is COc1ccc(C=CC(=O)OCCNCCOC(=O)C=Cc2ccc(OC)cc2)cc1. The maximum Gasteiger partial charge on any atom is 0.330 e. The average Bonchev–Trinajstić information content (AvgIpc) is 2.81. The third-order valence-electron chi connectivity index (χ3n) is 4.10. The van der Waals surface area contributed by atoms with Gasteiger partial charge >= 0.3 is 11.9 Å². The van der Waals surface area contributed by atoms with E-state index in [4.69, 9.17) is 18.9 Å². The molecule has 2 rings (SSSR count). The van der Waals surface area contributed by atoms with Gasteiger partial charge < -0.3 is 24.3 Å². The van der Waals surface area contributed by atoms with Crippen molar-refractivity contribution in [3.63, 3.8) is 0 Å². The molecular weight excluding hydrogens is 398 g/mol. The van der Waals surface area contributed by atoms with E-state index in [-0.39, 0.29) is 13.2 Å². The number of hydrogen-bond acceptors (Lipinski definition) is 7. The molecule has 0 aliphatic carbocycles. The monoisotopic (exact) mass is 425 g/mol. The van der Waals surface area contributed by atoms with Crippen molar-refractivity contribution in [1.82, 2.24) is 5.32 Å². The Hall–Kier alpha value is -3.58. The van der Waals surface area contributed by atoms with Gasteiger partial charge in [-0.15, -0.1) is 0 Å². The first-order valence-electron chi connectivity index (χ1n) is 9.79. The number of ether oxygens (including phenoxy) is 4. The summed E-state index contributed by atoms with van der Waals surface area (Å²) in [6, 6.07) is 14.6. The molecule has 0 radical (unpaired) electrons. The van der Waals surface area contributed by atoms with Crippen LogP contribution in [-0.2, 0) is 19.1 Å². The summed E-state index contributed by atoms with van der Waals surface area (Å²) in [6.45, 7) is 1.36. The largest absolute Gasteiger partial charge is 0.497 e. The summed E-state index contributed by atoms with van der Waals surface area (Å²) < 4.78 is 20.4. The van der Waals surface area contributed by atoms with Gasteiger partial charge in [0.2, 0.25) is 0 Å². The Bertz CT molecular complexity index is 798. The average molecular weight is 425 g/mol. The molecule has 0 saturated heterocycles. The fraction of sp³-hybridized carbons (Fsp3) is 0.250. The normalized spacial score (nSPS) is 10.9. The van der Waals surface area contributed by atoms with E-state index in [1.54, 1.807) is 26.4 Å². The van der Waals surface area contributed by atoms with Gasteiger partial charge in [-0.1, -0.05) is 24.3 Å². The second-order valence-electron chi connectivity index (χ2n) is 6.30. The number of rotatable bonds is 12. The molecule has 0 aliphatic rings. The molecule has 0 aliphatic heterocycles. The van der Waals surface area contributed by atoms with Crippen molar-refractivity contribution >= 4 is 24.1 Å². The van der Waals surface area contributed by atoms with Crippen molar-refractivity contribution in [2.24, 2.45) is 0 Å². The van der Waals surface area contributed by atoms with Gasteiger partial charge in [0.1, 0.15) is 24.7 Å². The Labute approximate surface area is 182 Å². The molecule has 2 aromatic carbocycles. The Morgan fingerprint density at radius 1 is 0.710 bits per heavy atom. The molecule has 7 heteroatoms. The highest BCUT2D eigenvalue weighted by atomic mass is 16.5. The summed E-state index contributed by atoms with van der Waals surface area (Å²) in [6.07, 6.45) is 6.10. The van der Waals surface area contributed by atoms with Crippen LogP contribution in [0.3, 0.4) is 0 Å². The third-order valence-corrected chi connectivity index (χ3v) is 4.10. The van der Waals surface area contributed by atoms with E-state index in [1.807, 2.05) is 48.5 Å². The zero-order chi connectivity index (χ0) is 22.3. The van der Waals surface area contributed by atoms with Crippen molar-refractivity contribution in [2.75, 3.05) is 40.5 Å². The highest BCUT2D eigenvalue weighted by Crippen LogP contribution is 2.13. The number of carbonyl (C=O) groups is 2. The molecule has 0 fully saturated rings. The smallest absolute Gasteiger partial charge is 0.330 e. The highest BCUT2D eigenvalue weighted by Gasteiger charge is 1.99. The molecule has 164 valence electrons.